The molecule has 2 heteroatoms. The van der Waals surface area contributed by atoms with E-state index in [2.05, 4.69) is 0 Å². The van der Waals surface area contributed by atoms with Gasteiger partial charge < -0.3 is 8.83 Å². The van der Waals surface area contributed by atoms with Crippen LogP contribution in [0.1, 0.15) is 11.0 Å². The highest BCUT2D eigenvalue weighted by atomic mass is 16.3. The molecule has 0 aliphatic heterocycles. The topological polar surface area (TPSA) is 26.3 Å². The summed E-state index contributed by atoms with van der Waals surface area (Å²) in [6.07, 6.45) is 1.66. The van der Waals surface area contributed by atoms with Gasteiger partial charge in [0.05, 0.1) is 22.6 Å². The molecule has 196 valence electrons. The van der Waals surface area contributed by atoms with Crippen LogP contribution in [0.3, 0.4) is 0 Å². The molecule has 7 aromatic carbocycles. The summed E-state index contributed by atoms with van der Waals surface area (Å²) in [5, 5.41) is 3.60. The molecule has 0 bridgehead atoms. The molecule has 2 aromatic heterocycles. The van der Waals surface area contributed by atoms with Crippen molar-refractivity contribution in [1.29, 1.82) is 0 Å². The van der Waals surface area contributed by atoms with Gasteiger partial charge in [-0.1, -0.05) is 109 Å². The molecule has 0 aliphatic rings. The van der Waals surface area contributed by atoms with Gasteiger partial charge in [-0.3, -0.25) is 0 Å². The van der Waals surface area contributed by atoms with Crippen LogP contribution in [0.2, 0.25) is 0 Å². The third kappa shape index (κ3) is 3.39. The Morgan fingerprint density at radius 1 is 0.476 bits per heavy atom. The fraction of sp³-hybridized carbons (Fsp3) is 0. The summed E-state index contributed by atoms with van der Waals surface area (Å²) in [6.45, 7) is 0. The van der Waals surface area contributed by atoms with E-state index < -0.39 is 24.2 Å². The van der Waals surface area contributed by atoms with E-state index in [4.69, 9.17) is 19.8 Å². The zero-order chi connectivity index (χ0) is 34.6. The summed E-state index contributed by atoms with van der Waals surface area (Å²) < 4.78 is 82.7. The predicted molar refractivity (Wildman–Crippen MR) is 175 cm³/mol. The first-order chi connectivity index (χ1) is 24.2. The SMILES string of the molecule is [2H]c1c([2H])c([2H])c2c(-c3ccc(-c4ccc5c(c4)oc4ccc6ccoc6c45)cc3)c3c([2H])c([2H])c([2H])c([2H])c3c(-c3ccccc3)c2c1[2H]. The molecule has 0 spiro atoms. The Morgan fingerprint density at radius 2 is 1.07 bits per heavy atom. The second-order valence-corrected chi connectivity index (χ2v) is 10.3. The fourth-order valence-electron chi connectivity index (χ4n) is 6.10. The van der Waals surface area contributed by atoms with E-state index in [0.29, 0.717) is 27.8 Å². The van der Waals surface area contributed by atoms with E-state index in [1.807, 2.05) is 66.7 Å². The van der Waals surface area contributed by atoms with Crippen molar-refractivity contribution in [2.45, 2.75) is 0 Å². The lowest BCUT2D eigenvalue weighted by molar-refractivity contribution is 0.618. The van der Waals surface area contributed by atoms with E-state index >= 15 is 0 Å². The molecule has 0 radical (unpaired) electrons. The van der Waals surface area contributed by atoms with Crippen LogP contribution in [-0.4, -0.2) is 0 Å². The molecular formula is C40H24O2. The second kappa shape index (κ2) is 8.95. The van der Waals surface area contributed by atoms with Gasteiger partial charge >= 0.3 is 0 Å². The lowest BCUT2D eigenvalue weighted by atomic mass is 9.86. The molecule has 2 nitrogen and oxygen atoms in total. The van der Waals surface area contributed by atoms with Crippen molar-refractivity contribution < 1.29 is 19.8 Å². The van der Waals surface area contributed by atoms with Crippen LogP contribution in [0.4, 0.5) is 0 Å². The standard InChI is InChI=1S/C40H24O2/c1-2-8-26(9-3-1)37-30-10-4-6-12-32(30)38(33-13-7-5-11-31(33)37)27-16-14-25(15-17-27)29-18-20-34-36(24-29)42-35-21-19-28-22-23-41-40(28)39(34)35/h1-24H/i4D,5D,6D,7D,10D,11D,12D,13D. The molecular weight excluding hydrogens is 512 g/mol. The highest BCUT2D eigenvalue weighted by molar-refractivity contribution is 6.21. The summed E-state index contributed by atoms with van der Waals surface area (Å²) in [4.78, 5) is 0. The van der Waals surface area contributed by atoms with E-state index in [9.17, 15) is 0 Å². The lowest BCUT2D eigenvalue weighted by Crippen LogP contribution is -1.90. The van der Waals surface area contributed by atoms with Gasteiger partial charge in [0.25, 0.3) is 0 Å². The van der Waals surface area contributed by atoms with E-state index in [1.54, 1.807) is 30.5 Å². The van der Waals surface area contributed by atoms with Crippen molar-refractivity contribution in [2.75, 3.05) is 0 Å². The normalized spacial score (nSPS) is 14.5. The van der Waals surface area contributed by atoms with E-state index in [-0.39, 0.29) is 45.7 Å². The van der Waals surface area contributed by atoms with Crippen LogP contribution in [-0.2, 0) is 0 Å². The Labute approximate surface area is 253 Å². The minimum Gasteiger partial charge on any atom is -0.464 e. The molecule has 0 atom stereocenters. The van der Waals surface area contributed by atoms with Crippen LogP contribution in [0.25, 0.3) is 87.8 Å². The van der Waals surface area contributed by atoms with Gasteiger partial charge in [-0.05, 0) is 85.3 Å². The summed E-state index contributed by atoms with van der Waals surface area (Å²) in [5.41, 5.74) is 5.71. The second-order valence-electron chi connectivity index (χ2n) is 10.3. The van der Waals surface area contributed by atoms with E-state index in [0.717, 1.165) is 38.5 Å². The minimum atomic E-state index is -0.425. The van der Waals surface area contributed by atoms with Crippen LogP contribution >= 0.6 is 0 Å². The number of hydrogen-bond acceptors (Lipinski definition) is 2. The molecule has 0 aliphatic carbocycles. The third-order valence-corrected chi connectivity index (χ3v) is 8.00. The van der Waals surface area contributed by atoms with Gasteiger partial charge in [-0.25, -0.2) is 0 Å². The van der Waals surface area contributed by atoms with Crippen molar-refractivity contribution in [1.82, 2.24) is 0 Å². The van der Waals surface area contributed by atoms with Gasteiger partial charge in [0.15, 0.2) is 0 Å². The predicted octanol–water partition coefficient (Wildman–Crippen LogP) is 11.6. The minimum absolute atomic E-state index is 0.188. The Balaban J connectivity index is 1.32. The first kappa shape index (κ1) is 16.6. The summed E-state index contributed by atoms with van der Waals surface area (Å²) in [5.74, 6) is 0. The van der Waals surface area contributed by atoms with Crippen molar-refractivity contribution in [3.63, 3.8) is 0 Å². The molecule has 42 heavy (non-hydrogen) atoms. The Kier molecular flexibility index (Phi) is 3.54. The number of furan rings is 2. The molecule has 9 aromatic rings. The molecule has 0 unspecified atom stereocenters. The Morgan fingerprint density at radius 3 is 1.74 bits per heavy atom. The molecule has 0 saturated heterocycles. The van der Waals surface area contributed by atoms with Crippen LogP contribution < -0.4 is 0 Å². The van der Waals surface area contributed by atoms with Crippen LogP contribution in [0.5, 0.6) is 0 Å². The molecule has 9 rings (SSSR count). The average molecular weight is 545 g/mol. The monoisotopic (exact) mass is 544 g/mol. The third-order valence-electron chi connectivity index (χ3n) is 8.00. The highest BCUT2D eigenvalue weighted by Crippen LogP contribution is 2.44. The maximum Gasteiger partial charge on any atom is 0.145 e. The number of hydrogen-bond donors (Lipinski definition) is 0. The maximum absolute atomic E-state index is 9.11. The molecule has 0 saturated carbocycles. The number of benzene rings is 7. The Bertz CT molecular complexity index is 2810. The zero-order valence-corrected chi connectivity index (χ0v) is 22.1. The first-order valence-corrected chi connectivity index (χ1v) is 13.6. The smallest absolute Gasteiger partial charge is 0.145 e. The largest absolute Gasteiger partial charge is 0.464 e. The fourth-order valence-corrected chi connectivity index (χ4v) is 6.10. The summed E-state index contributed by atoms with van der Waals surface area (Å²) >= 11 is 0. The van der Waals surface area contributed by atoms with E-state index in [1.165, 1.54) is 0 Å². The van der Waals surface area contributed by atoms with Crippen LogP contribution in [0, 0.1) is 0 Å². The maximum atomic E-state index is 9.11. The van der Waals surface area contributed by atoms with Gasteiger partial charge in [0, 0.05) is 10.8 Å². The summed E-state index contributed by atoms with van der Waals surface area (Å²) in [7, 11) is 0. The van der Waals surface area contributed by atoms with Crippen molar-refractivity contribution >= 4 is 54.5 Å². The van der Waals surface area contributed by atoms with Crippen molar-refractivity contribution in [3.05, 3.63) is 146 Å². The van der Waals surface area contributed by atoms with Gasteiger partial charge in [0.1, 0.15) is 16.7 Å². The molecule has 0 fully saturated rings. The van der Waals surface area contributed by atoms with Crippen molar-refractivity contribution in [3.8, 4) is 33.4 Å². The quantitative estimate of drug-likeness (QED) is 0.207. The molecule has 0 amide bonds. The molecule has 2 heterocycles. The highest BCUT2D eigenvalue weighted by Gasteiger charge is 2.17. The molecule has 0 N–H and O–H groups in total. The number of fused-ring (bicyclic) bond motifs is 7. The lowest BCUT2D eigenvalue weighted by Gasteiger charge is -2.18. The van der Waals surface area contributed by atoms with Crippen LogP contribution in [0.15, 0.2) is 154 Å². The zero-order valence-electron chi connectivity index (χ0n) is 30.1. The summed E-state index contributed by atoms with van der Waals surface area (Å²) in [6, 6.07) is 25.3. The van der Waals surface area contributed by atoms with Gasteiger partial charge in [-0.2, -0.15) is 0 Å². The average Bonchev–Trinajstić information content (AvgIpc) is 3.78. The van der Waals surface area contributed by atoms with Gasteiger partial charge in [-0.15, -0.1) is 0 Å². The number of rotatable bonds is 3. The van der Waals surface area contributed by atoms with Crippen molar-refractivity contribution in [2.24, 2.45) is 0 Å². The van der Waals surface area contributed by atoms with Gasteiger partial charge in [0.2, 0.25) is 0 Å². The first-order valence-electron chi connectivity index (χ1n) is 17.6. The Hall–Kier alpha value is -5.60.